The number of aryl methyl sites for hydroxylation is 1. The fourth-order valence-electron chi connectivity index (χ4n) is 5.37. The first-order chi connectivity index (χ1) is 12.4. The van der Waals surface area contributed by atoms with Gasteiger partial charge in [-0.05, 0) is 79.0 Å². The van der Waals surface area contributed by atoms with E-state index in [2.05, 4.69) is 6.92 Å². The molecule has 4 atom stereocenters. The van der Waals surface area contributed by atoms with Gasteiger partial charge in [0.15, 0.2) is 0 Å². The van der Waals surface area contributed by atoms with Crippen LogP contribution in [0, 0.1) is 11.7 Å². The lowest BCUT2D eigenvalue weighted by Gasteiger charge is -2.55. The van der Waals surface area contributed by atoms with Gasteiger partial charge < -0.3 is 15.3 Å². The molecule has 0 unspecified atom stereocenters. The number of aromatic hydroxyl groups is 1. The van der Waals surface area contributed by atoms with E-state index in [-0.39, 0.29) is 22.9 Å². The summed E-state index contributed by atoms with van der Waals surface area (Å²) in [7, 11) is 0. The van der Waals surface area contributed by atoms with Crippen molar-refractivity contribution < 1.29 is 19.7 Å². The average molecular weight is 356 g/mol. The zero-order valence-electron chi connectivity index (χ0n) is 15.0. The molecule has 1 saturated carbocycles. The molecule has 26 heavy (non-hydrogen) atoms. The average Bonchev–Trinajstić information content (AvgIpc) is 2.63. The first-order valence-corrected chi connectivity index (χ1v) is 9.38. The van der Waals surface area contributed by atoms with Gasteiger partial charge in [0.25, 0.3) is 0 Å². The second-order valence-electron chi connectivity index (χ2n) is 7.94. The molecular weight excluding hydrogens is 331 g/mol. The normalized spacial score (nSPS) is 33.4. The lowest BCUT2D eigenvalue weighted by atomic mass is 9.52. The molecule has 4 heteroatoms. The Morgan fingerprint density at radius 3 is 2.54 bits per heavy atom. The van der Waals surface area contributed by atoms with Crippen molar-refractivity contribution >= 4 is 0 Å². The third-order valence-electron chi connectivity index (χ3n) is 6.81. The van der Waals surface area contributed by atoms with Gasteiger partial charge in [-0.3, -0.25) is 0 Å². The van der Waals surface area contributed by atoms with Crippen LogP contribution in [0.5, 0.6) is 5.75 Å². The lowest BCUT2D eigenvalue weighted by molar-refractivity contribution is -0.146. The topological polar surface area (TPSA) is 60.7 Å². The fourth-order valence-corrected chi connectivity index (χ4v) is 5.37. The number of hydrogen-bond donors (Lipinski definition) is 3. The van der Waals surface area contributed by atoms with E-state index in [1.807, 2.05) is 12.1 Å². The lowest BCUT2D eigenvalue weighted by Crippen LogP contribution is -2.56. The van der Waals surface area contributed by atoms with Gasteiger partial charge >= 0.3 is 0 Å². The molecule has 4 rings (SSSR count). The molecule has 0 radical (unpaired) electrons. The highest BCUT2D eigenvalue weighted by Gasteiger charge is 2.55. The molecular formula is C22H25FO3. The number of aliphatic hydroxyl groups excluding tert-OH is 1. The maximum atomic E-state index is 13.3. The third kappa shape index (κ3) is 2.47. The summed E-state index contributed by atoms with van der Waals surface area (Å²) in [4.78, 5) is 0. The maximum absolute atomic E-state index is 13.3. The molecule has 2 aromatic carbocycles. The van der Waals surface area contributed by atoms with Crippen LogP contribution >= 0.6 is 0 Å². The van der Waals surface area contributed by atoms with Crippen molar-refractivity contribution in [3.63, 3.8) is 0 Å². The van der Waals surface area contributed by atoms with Crippen LogP contribution in [-0.2, 0) is 17.4 Å². The van der Waals surface area contributed by atoms with Crippen LogP contribution in [0.3, 0.4) is 0 Å². The summed E-state index contributed by atoms with van der Waals surface area (Å²) in [5, 5.41) is 32.1. The van der Waals surface area contributed by atoms with Crippen LogP contribution in [0.15, 0.2) is 42.5 Å². The molecule has 2 aromatic rings. The molecule has 0 bridgehead atoms. The minimum absolute atomic E-state index is 0.201. The molecule has 0 heterocycles. The number of benzene rings is 2. The molecule has 138 valence electrons. The minimum Gasteiger partial charge on any atom is -0.508 e. The molecule has 3 N–H and O–H groups in total. The summed E-state index contributed by atoms with van der Waals surface area (Å²) in [6, 6.07) is 11.3. The molecule has 0 saturated heterocycles. The number of rotatable bonds is 2. The molecule has 3 nitrogen and oxygen atoms in total. The monoisotopic (exact) mass is 356 g/mol. The Balaban J connectivity index is 1.76. The number of hydrogen-bond acceptors (Lipinski definition) is 3. The van der Waals surface area contributed by atoms with Crippen LogP contribution in [0.4, 0.5) is 4.39 Å². The Kier molecular flexibility index (Phi) is 4.08. The number of fused-ring (bicyclic) bond motifs is 3. The fraction of sp³-hybridized carbons (Fsp3) is 0.455. The number of phenols is 1. The van der Waals surface area contributed by atoms with Gasteiger partial charge in [0, 0.05) is 5.41 Å². The second-order valence-corrected chi connectivity index (χ2v) is 7.94. The van der Waals surface area contributed by atoms with Crippen molar-refractivity contribution in [2.45, 2.75) is 56.1 Å². The van der Waals surface area contributed by atoms with E-state index in [1.54, 1.807) is 18.2 Å². The second kappa shape index (κ2) is 6.07. The van der Waals surface area contributed by atoms with Gasteiger partial charge in [-0.2, -0.15) is 0 Å². The summed E-state index contributed by atoms with van der Waals surface area (Å²) >= 11 is 0. The Labute approximate surface area is 153 Å². The summed E-state index contributed by atoms with van der Waals surface area (Å²) in [5.41, 5.74) is 1.35. The molecule has 2 aliphatic carbocycles. The van der Waals surface area contributed by atoms with E-state index >= 15 is 0 Å². The SMILES string of the molecule is CC[C@@]12C[C@H](O)[C@](O)(c3ccc(F)cc3)C[C@H]1CCc1cc(O)ccc12. The smallest absolute Gasteiger partial charge is 0.123 e. The van der Waals surface area contributed by atoms with Gasteiger partial charge in [0.1, 0.15) is 17.2 Å². The first kappa shape index (κ1) is 17.5. The summed E-state index contributed by atoms with van der Waals surface area (Å²) in [6.45, 7) is 2.13. The highest BCUT2D eigenvalue weighted by molar-refractivity contribution is 5.44. The highest BCUT2D eigenvalue weighted by Crippen LogP contribution is 2.56. The Morgan fingerprint density at radius 1 is 1.12 bits per heavy atom. The standard InChI is InChI=1S/C22H25FO3/c1-2-21-13-20(25)22(26,15-5-7-17(23)8-6-15)12-16(21)4-3-14-11-18(24)9-10-19(14)21/h5-11,16,20,24-26H,2-4,12-13H2,1H3/t16-,20+,21-,22-/m1/s1. The van der Waals surface area contributed by atoms with Gasteiger partial charge in [0.05, 0.1) is 6.10 Å². The maximum Gasteiger partial charge on any atom is 0.123 e. The molecule has 2 aliphatic rings. The van der Waals surface area contributed by atoms with Crippen molar-refractivity contribution in [1.29, 1.82) is 0 Å². The number of aliphatic hydroxyl groups is 2. The van der Waals surface area contributed by atoms with Crippen LogP contribution in [0.2, 0.25) is 0 Å². The first-order valence-electron chi connectivity index (χ1n) is 9.38. The van der Waals surface area contributed by atoms with Crippen molar-refractivity contribution in [2.24, 2.45) is 5.92 Å². The number of phenolic OH excluding ortho intramolecular Hbond substituents is 1. The van der Waals surface area contributed by atoms with E-state index in [0.717, 1.165) is 24.8 Å². The molecule has 0 amide bonds. The Bertz CT molecular complexity index is 819. The van der Waals surface area contributed by atoms with E-state index in [9.17, 15) is 19.7 Å². The van der Waals surface area contributed by atoms with Crippen molar-refractivity contribution in [1.82, 2.24) is 0 Å². The molecule has 1 fully saturated rings. The van der Waals surface area contributed by atoms with Crippen LogP contribution in [0.1, 0.15) is 49.3 Å². The highest BCUT2D eigenvalue weighted by atomic mass is 19.1. The summed E-state index contributed by atoms with van der Waals surface area (Å²) < 4.78 is 13.3. The van der Waals surface area contributed by atoms with Crippen molar-refractivity contribution in [3.8, 4) is 5.75 Å². The predicted molar refractivity (Wildman–Crippen MR) is 97.4 cm³/mol. The summed E-state index contributed by atoms with van der Waals surface area (Å²) in [5.74, 6) is 0.146. The van der Waals surface area contributed by atoms with Gasteiger partial charge in [-0.25, -0.2) is 4.39 Å². The van der Waals surface area contributed by atoms with E-state index in [1.165, 1.54) is 17.7 Å². The van der Waals surface area contributed by atoms with Crippen LogP contribution in [-0.4, -0.2) is 21.4 Å². The van der Waals surface area contributed by atoms with Gasteiger partial charge in [-0.1, -0.05) is 25.1 Å². The zero-order chi connectivity index (χ0) is 18.5. The van der Waals surface area contributed by atoms with Crippen molar-refractivity contribution in [3.05, 3.63) is 65.0 Å². The van der Waals surface area contributed by atoms with Crippen LogP contribution < -0.4 is 0 Å². The molecule has 0 spiro atoms. The minimum atomic E-state index is -1.36. The van der Waals surface area contributed by atoms with Gasteiger partial charge in [-0.15, -0.1) is 0 Å². The molecule has 0 aromatic heterocycles. The van der Waals surface area contributed by atoms with Crippen molar-refractivity contribution in [2.75, 3.05) is 0 Å². The van der Waals surface area contributed by atoms with E-state index < -0.39 is 11.7 Å². The quantitative estimate of drug-likeness (QED) is 0.767. The zero-order valence-corrected chi connectivity index (χ0v) is 15.0. The Morgan fingerprint density at radius 2 is 1.85 bits per heavy atom. The van der Waals surface area contributed by atoms with E-state index in [0.29, 0.717) is 18.4 Å². The molecule has 0 aliphatic heterocycles. The predicted octanol–water partition coefficient (Wildman–Crippen LogP) is 3.78. The largest absolute Gasteiger partial charge is 0.508 e. The van der Waals surface area contributed by atoms with E-state index in [4.69, 9.17) is 0 Å². The van der Waals surface area contributed by atoms with Gasteiger partial charge in [0.2, 0.25) is 0 Å². The Hall–Kier alpha value is -1.91. The number of halogens is 1. The third-order valence-corrected chi connectivity index (χ3v) is 6.81. The summed E-state index contributed by atoms with van der Waals surface area (Å²) in [6.07, 6.45) is 2.61. The van der Waals surface area contributed by atoms with Crippen LogP contribution in [0.25, 0.3) is 0 Å².